The number of hydrogen-bond acceptors (Lipinski definition) is 4. The zero-order chi connectivity index (χ0) is 18.5. The van der Waals surface area contributed by atoms with Crippen molar-refractivity contribution in [3.8, 4) is 11.5 Å². The normalized spacial score (nSPS) is 18.4. The Hall–Kier alpha value is -2.33. The molecule has 1 aliphatic carbocycles. The van der Waals surface area contributed by atoms with Gasteiger partial charge < -0.3 is 14.9 Å². The summed E-state index contributed by atoms with van der Waals surface area (Å²) in [5.41, 5.74) is 1.62. The van der Waals surface area contributed by atoms with E-state index in [1.54, 1.807) is 30.4 Å². The smallest absolute Gasteiger partial charge is 0.186 e. The molecule has 2 aromatic carbocycles. The summed E-state index contributed by atoms with van der Waals surface area (Å²) < 4.78 is 5.41. The molecule has 1 atom stereocenters. The average Bonchev–Trinajstić information content (AvgIpc) is 2.69. The van der Waals surface area contributed by atoms with Gasteiger partial charge in [0, 0.05) is 21.8 Å². The zero-order valence-corrected chi connectivity index (χ0v) is 15.3. The quantitative estimate of drug-likeness (QED) is 0.875. The first kappa shape index (κ1) is 17.5. The number of fused-ring (bicyclic) bond motifs is 2. The first-order valence-electron chi connectivity index (χ1n) is 8.47. The first-order valence-corrected chi connectivity index (χ1v) is 8.47. The van der Waals surface area contributed by atoms with Crippen molar-refractivity contribution in [2.24, 2.45) is 0 Å². The van der Waals surface area contributed by atoms with E-state index >= 15 is 0 Å². The van der Waals surface area contributed by atoms with E-state index in [1.165, 1.54) is 7.11 Å². The molecule has 0 aromatic heterocycles. The third-order valence-electron chi connectivity index (χ3n) is 5.19. The summed E-state index contributed by atoms with van der Waals surface area (Å²) >= 11 is 0. The molecule has 0 fully saturated rings. The first-order chi connectivity index (χ1) is 11.7. The van der Waals surface area contributed by atoms with Crippen molar-refractivity contribution in [2.75, 3.05) is 7.11 Å². The Balaban J connectivity index is 2.49. The van der Waals surface area contributed by atoms with Crippen LogP contribution in [0.4, 0.5) is 0 Å². The molecule has 0 unspecified atom stereocenters. The number of aliphatic hydroxyl groups is 1. The second kappa shape index (κ2) is 5.88. The zero-order valence-electron chi connectivity index (χ0n) is 15.3. The van der Waals surface area contributed by atoms with Crippen LogP contribution in [-0.4, -0.2) is 23.4 Å². The van der Waals surface area contributed by atoms with Gasteiger partial charge in [0.1, 0.15) is 0 Å². The number of methoxy groups -OCH3 is 1. The number of phenolic OH excluding ortho intramolecular Hbond substituents is 1. The molecular formula is C21H24O4. The Morgan fingerprint density at radius 1 is 1.16 bits per heavy atom. The Bertz CT molecular complexity index is 939. The lowest BCUT2D eigenvalue weighted by Gasteiger charge is -2.32. The molecule has 1 aliphatic rings. The van der Waals surface area contributed by atoms with Crippen molar-refractivity contribution in [2.45, 2.75) is 45.1 Å². The van der Waals surface area contributed by atoms with Crippen LogP contribution >= 0.6 is 0 Å². The van der Waals surface area contributed by atoms with Crippen LogP contribution < -0.4 is 10.2 Å². The predicted octanol–water partition coefficient (Wildman–Crippen LogP) is 3.70. The van der Waals surface area contributed by atoms with Gasteiger partial charge in [-0.05, 0) is 35.2 Å². The van der Waals surface area contributed by atoms with Crippen molar-refractivity contribution in [1.29, 1.82) is 0 Å². The summed E-state index contributed by atoms with van der Waals surface area (Å²) in [7, 11) is 1.52. The number of rotatable bonds is 2. The summed E-state index contributed by atoms with van der Waals surface area (Å²) in [6.07, 6.45) is 2.85. The second-order valence-electron chi connectivity index (χ2n) is 7.51. The lowest BCUT2D eigenvalue weighted by Crippen LogP contribution is -2.34. The van der Waals surface area contributed by atoms with E-state index in [2.05, 4.69) is 0 Å². The highest BCUT2D eigenvalue weighted by molar-refractivity contribution is 5.93. The predicted molar refractivity (Wildman–Crippen MR) is 101 cm³/mol. The van der Waals surface area contributed by atoms with Crippen molar-refractivity contribution in [1.82, 2.24) is 0 Å². The molecule has 0 saturated heterocycles. The van der Waals surface area contributed by atoms with E-state index in [4.69, 9.17) is 4.74 Å². The Labute approximate surface area is 147 Å². The SMILES string of the molecule is COc1c(C(C)C)cc2c(=O)cc3c(cc2c1O)C=C[C@H](O)C3(C)C. The highest BCUT2D eigenvalue weighted by atomic mass is 16.5. The maximum absolute atomic E-state index is 12.9. The van der Waals surface area contributed by atoms with Crippen LogP contribution in [0.15, 0.2) is 29.1 Å². The highest BCUT2D eigenvalue weighted by Crippen LogP contribution is 2.42. The molecule has 0 amide bonds. The molecule has 132 valence electrons. The van der Waals surface area contributed by atoms with Crippen LogP contribution in [0, 0.1) is 0 Å². The average molecular weight is 340 g/mol. The van der Waals surface area contributed by atoms with Crippen molar-refractivity contribution < 1.29 is 14.9 Å². The second-order valence-corrected chi connectivity index (χ2v) is 7.51. The van der Waals surface area contributed by atoms with E-state index in [1.807, 2.05) is 27.7 Å². The largest absolute Gasteiger partial charge is 0.504 e. The Morgan fingerprint density at radius 2 is 1.84 bits per heavy atom. The minimum atomic E-state index is -0.667. The minimum Gasteiger partial charge on any atom is -0.504 e. The number of phenols is 1. The van der Waals surface area contributed by atoms with E-state index in [9.17, 15) is 15.0 Å². The summed E-state index contributed by atoms with van der Waals surface area (Å²) in [4.78, 5) is 12.9. The van der Waals surface area contributed by atoms with Crippen LogP contribution in [0.3, 0.4) is 0 Å². The molecule has 0 aliphatic heterocycles. The molecule has 0 radical (unpaired) electrons. The van der Waals surface area contributed by atoms with E-state index in [0.29, 0.717) is 16.5 Å². The van der Waals surface area contributed by atoms with Crippen LogP contribution in [-0.2, 0) is 5.41 Å². The number of aliphatic hydroxyl groups excluding tert-OH is 1. The summed E-state index contributed by atoms with van der Waals surface area (Å²) in [5.74, 6) is 0.486. The van der Waals surface area contributed by atoms with Crippen LogP contribution in [0.2, 0.25) is 0 Å². The molecule has 0 spiro atoms. The minimum absolute atomic E-state index is 0.0171. The van der Waals surface area contributed by atoms with E-state index in [-0.39, 0.29) is 17.1 Å². The standard InChI is InChI=1S/C21H24O4/c1-11(2)13-9-14-15(19(24)20(13)25-5)8-12-6-7-18(23)21(3,4)16(12)10-17(14)22/h6-11,18,23-24H,1-5H3/t18-/m0/s1. The topological polar surface area (TPSA) is 66.8 Å². The molecule has 2 aromatic rings. The Kier molecular flexibility index (Phi) is 4.12. The lowest BCUT2D eigenvalue weighted by atomic mass is 9.74. The summed E-state index contributed by atoms with van der Waals surface area (Å²) in [6, 6.07) is 5.19. The monoisotopic (exact) mass is 340 g/mol. The molecule has 0 saturated carbocycles. The maximum Gasteiger partial charge on any atom is 0.186 e. The molecule has 25 heavy (non-hydrogen) atoms. The van der Waals surface area contributed by atoms with Gasteiger partial charge in [-0.3, -0.25) is 4.79 Å². The van der Waals surface area contributed by atoms with Gasteiger partial charge in [-0.15, -0.1) is 0 Å². The lowest BCUT2D eigenvalue weighted by molar-refractivity contribution is 0.143. The van der Waals surface area contributed by atoms with Crippen molar-refractivity contribution in [3.63, 3.8) is 0 Å². The van der Waals surface area contributed by atoms with Gasteiger partial charge in [0.15, 0.2) is 16.9 Å². The number of aromatic hydroxyl groups is 1. The van der Waals surface area contributed by atoms with Crippen LogP contribution in [0.5, 0.6) is 11.5 Å². The van der Waals surface area contributed by atoms with Gasteiger partial charge in [0.05, 0.1) is 13.2 Å². The summed E-state index contributed by atoms with van der Waals surface area (Å²) in [5, 5.41) is 22.0. The van der Waals surface area contributed by atoms with Gasteiger partial charge >= 0.3 is 0 Å². The van der Waals surface area contributed by atoms with Gasteiger partial charge in [0.2, 0.25) is 0 Å². The molecule has 2 N–H and O–H groups in total. The molecule has 3 rings (SSSR count). The maximum atomic E-state index is 12.9. The van der Waals surface area contributed by atoms with Gasteiger partial charge in [-0.2, -0.15) is 0 Å². The van der Waals surface area contributed by atoms with E-state index in [0.717, 1.165) is 16.7 Å². The van der Waals surface area contributed by atoms with Gasteiger partial charge in [0.25, 0.3) is 0 Å². The molecule has 4 nitrogen and oxygen atoms in total. The van der Waals surface area contributed by atoms with Crippen molar-refractivity contribution in [3.05, 3.63) is 51.2 Å². The van der Waals surface area contributed by atoms with Gasteiger partial charge in [-0.25, -0.2) is 0 Å². The number of hydrogen-bond donors (Lipinski definition) is 2. The number of benzene rings is 1. The third-order valence-corrected chi connectivity index (χ3v) is 5.19. The van der Waals surface area contributed by atoms with Crippen LogP contribution in [0.25, 0.3) is 16.8 Å². The van der Waals surface area contributed by atoms with Crippen LogP contribution in [0.1, 0.15) is 50.3 Å². The Morgan fingerprint density at radius 3 is 2.44 bits per heavy atom. The fourth-order valence-corrected chi connectivity index (χ4v) is 3.49. The van der Waals surface area contributed by atoms with Crippen molar-refractivity contribution >= 4 is 16.8 Å². The highest BCUT2D eigenvalue weighted by Gasteiger charge is 2.33. The molecule has 4 heteroatoms. The van der Waals surface area contributed by atoms with Gasteiger partial charge in [-0.1, -0.05) is 39.8 Å². The third kappa shape index (κ3) is 2.61. The fourth-order valence-electron chi connectivity index (χ4n) is 3.49. The van der Waals surface area contributed by atoms with E-state index < -0.39 is 11.5 Å². The summed E-state index contributed by atoms with van der Waals surface area (Å²) in [6.45, 7) is 7.79. The number of ether oxygens (including phenoxy) is 1. The molecule has 0 bridgehead atoms. The fraction of sp³-hybridized carbons (Fsp3) is 0.381. The molecular weight excluding hydrogens is 316 g/mol. The molecule has 0 heterocycles.